The summed E-state index contributed by atoms with van der Waals surface area (Å²) < 4.78 is 32.3. The SMILES string of the molecule is CCOc1ccc(S(=O)(=O)N[C@@](C)(C#N)C(C)C)cc1. The van der Waals surface area contributed by atoms with Crippen molar-refractivity contribution in [2.75, 3.05) is 6.61 Å². The van der Waals surface area contributed by atoms with Gasteiger partial charge in [-0.2, -0.15) is 9.98 Å². The van der Waals surface area contributed by atoms with Gasteiger partial charge in [0.05, 0.1) is 17.6 Å². The van der Waals surface area contributed by atoms with Crippen molar-refractivity contribution in [2.24, 2.45) is 5.92 Å². The van der Waals surface area contributed by atoms with Gasteiger partial charge >= 0.3 is 0 Å². The summed E-state index contributed by atoms with van der Waals surface area (Å²) in [5.41, 5.74) is -1.14. The Kier molecular flexibility index (Phi) is 5.15. The second kappa shape index (κ2) is 6.25. The first-order valence-electron chi connectivity index (χ1n) is 6.43. The Balaban J connectivity index is 3.03. The van der Waals surface area contributed by atoms with E-state index in [9.17, 15) is 13.7 Å². The van der Waals surface area contributed by atoms with Gasteiger partial charge in [-0.15, -0.1) is 0 Å². The van der Waals surface area contributed by atoms with Gasteiger partial charge in [-0.3, -0.25) is 0 Å². The second-order valence-corrected chi connectivity index (χ2v) is 6.66. The zero-order chi connectivity index (χ0) is 15.4. The van der Waals surface area contributed by atoms with Gasteiger partial charge in [0.15, 0.2) is 0 Å². The highest BCUT2D eigenvalue weighted by molar-refractivity contribution is 7.89. The standard InChI is InChI=1S/C14H20N2O3S/c1-5-19-12-6-8-13(9-7-12)20(17,18)16-14(4,10-15)11(2)3/h6-9,11,16H,5H2,1-4H3/t14-/m0/s1. The number of hydrogen-bond donors (Lipinski definition) is 1. The van der Waals surface area contributed by atoms with Crippen LogP contribution in [0.4, 0.5) is 0 Å². The number of sulfonamides is 1. The fourth-order valence-corrected chi connectivity index (χ4v) is 2.94. The highest BCUT2D eigenvalue weighted by Gasteiger charge is 2.33. The molecular weight excluding hydrogens is 276 g/mol. The summed E-state index contributed by atoms with van der Waals surface area (Å²) >= 11 is 0. The Morgan fingerprint density at radius 3 is 2.30 bits per heavy atom. The fraction of sp³-hybridized carbons (Fsp3) is 0.500. The van der Waals surface area contributed by atoms with Crippen LogP contribution in [0.1, 0.15) is 27.7 Å². The predicted octanol–water partition coefficient (Wildman–Crippen LogP) is 2.30. The minimum absolute atomic E-state index is 0.114. The van der Waals surface area contributed by atoms with Crippen LogP contribution in [0.5, 0.6) is 5.75 Å². The van der Waals surface area contributed by atoms with E-state index in [-0.39, 0.29) is 10.8 Å². The maximum absolute atomic E-state index is 12.3. The van der Waals surface area contributed by atoms with Crippen LogP contribution in [0, 0.1) is 17.2 Å². The Morgan fingerprint density at radius 1 is 1.35 bits per heavy atom. The van der Waals surface area contributed by atoms with E-state index in [1.54, 1.807) is 32.9 Å². The Labute approximate surface area is 120 Å². The highest BCUT2D eigenvalue weighted by atomic mass is 32.2. The molecule has 1 rings (SSSR count). The van der Waals surface area contributed by atoms with Gasteiger partial charge in [-0.1, -0.05) is 13.8 Å². The molecule has 6 heteroatoms. The van der Waals surface area contributed by atoms with Gasteiger partial charge in [0.1, 0.15) is 11.3 Å². The zero-order valence-corrected chi connectivity index (χ0v) is 13.0. The van der Waals surface area contributed by atoms with E-state index in [1.165, 1.54) is 12.1 Å². The molecule has 110 valence electrons. The van der Waals surface area contributed by atoms with E-state index >= 15 is 0 Å². The molecular formula is C14H20N2O3S. The molecule has 0 aromatic heterocycles. The van der Waals surface area contributed by atoms with E-state index in [0.717, 1.165) is 0 Å². The van der Waals surface area contributed by atoms with Crippen molar-refractivity contribution in [2.45, 2.75) is 38.1 Å². The molecule has 0 aliphatic heterocycles. The third kappa shape index (κ3) is 3.71. The van der Waals surface area contributed by atoms with Gasteiger partial charge in [0, 0.05) is 0 Å². The lowest BCUT2D eigenvalue weighted by Gasteiger charge is -2.26. The highest BCUT2D eigenvalue weighted by Crippen LogP contribution is 2.21. The summed E-state index contributed by atoms with van der Waals surface area (Å²) in [6.45, 7) is 7.54. The molecule has 5 nitrogen and oxygen atoms in total. The first-order valence-corrected chi connectivity index (χ1v) is 7.91. The van der Waals surface area contributed by atoms with E-state index in [4.69, 9.17) is 4.74 Å². The molecule has 1 N–H and O–H groups in total. The molecule has 0 radical (unpaired) electrons. The first kappa shape index (κ1) is 16.5. The number of ether oxygens (including phenoxy) is 1. The van der Waals surface area contributed by atoms with Crippen molar-refractivity contribution < 1.29 is 13.2 Å². The van der Waals surface area contributed by atoms with Crippen molar-refractivity contribution in [1.82, 2.24) is 4.72 Å². The van der Waals surface area contributed by atoms with Crippen LogP contribution in [0.15, 0.2) is 29.2 Å². The number of hydrogen-bond acceptors (Lipinski definition) is 4. The average Bonchev–Trinajstić information content (AvgIpc) is 2.39. The molecule has 0 bridgehead atoms. The van der Waals surface area contributed by atoms with Crippen LogP contribution in [0.2, 0.25) is 0 Å². The Hall–Kier alpha value is -1.58. The molecule has 0 saturated carbocycles. The normalized spacial score (nSPS) is 14.6. The van der Waals surface area contributed by atoms with Crippen molar-refractivity contribution >= 4 is 10.0 Å². The molecule has 0 spiro atoms. The minimum atomic E-state index is -3.73. The number of nitrogens with zero attached hydrogens (tertiary/aromatic N) is 1. The summed E-state index contributed by atoms with van der Waals surface area (Å²) in [5.74, 6) is 0.461. The lowest BCUT2D eigenvalue weighted by atomic mass is 9.92. The Bertz CT molecular complexity index is 588. The molecule has 0 aliphatic carbocycles. The van der Waals surface area contributed by atoms with E-state index in [0.29, 0.717) is 12.4 Å². The third-order valence-electron chi connectivity index (χ3n) is 3.18. The largest absolute Gasteiger partial charge is 0.494 e. The van der Waals surface area contributed by atoms with E-state index in [1.807, 2.05) is 13.0 Å². The molecule has 1 atom stereocenters. The Morgan fingerprint density at radius 2 is 1.90 bits per heavy atom. The maximum Gasteiger partial charge on any atom is 0.241 e. The zero-order valence-electron chi connectivity index (χ0n) is 12.2. The summed E-state index contributed by atoms with van der Waals surface area (Å²) in [6.07, 6.45) is 0. The molecule has 1 aromatic rings. The number of benzene rings is 1. The van der Waals surface area contributed by atoms with Gasteiger partial charge in [0.2, 0.25) is 10.0 Å². The van der Waals surface area contributed by atoms with Crippen LogP contribution in [-0.2, 0) is 10.0 Å². The van der Waals surface area contributed by atoms with Crippen LogP contribution in [0.3, 0.4) is 0 Å². The van der Waals surface area contributed by atoms with E-state index in [2.05, 4.69) is 4.72 Å². The molecule has 0 fully saturated rings. The molecule has 0 unspecified atom stereocenters. The summed E-state index contributed by atoms with van der Waals surface area (Å²) in [6, 6.07) is 8.14. The fourth-order valence-electron chi connectivity index (χ4n) is 1.49. The molecule has 0 saturated heterocycles. The average molecular weight is 296 g/mol. The lowest BCUT2D eigenvalue weighted by Crippen LogP contribution is -2.48. The van der Waals surface area contributed by atoms with Crippen molar-refractivity contribution in [3.8, 4) is 11.8 Å². The molecule has 20 heavy (non-hydrogen) atoms. The van der Waals surface area contributed by atoms with Gasteiger partial charge in [0.25, 0.3) is 0 Å². The first-order chi connectivity index (χ1) is 9.25. The minimum Gasteiger partial charge on any atom is -0.494 e. The maximum atomic E-state index is 12.3. The summed E-state index contributed by atoms with van der Waals surface area (Å²) in [4.78, 5) is 0.114. The molecule has 0 aliphatic rings. The third-order valence-corrected chi connectivity index (χ3v) is 4.76. The number of nitrogens with one attached hydrogen (secondary N) is 1. The van der Waals surface area contributed by atoms with Crippen molar-refractivity contribution in [1.29, 1.82) is 5.26 Å². The van der Waals surface area contributed by atoms with Crippen LogP contribution < -0.4 is 9.46 Å². The van der Waals surface area contributed by atoms with Gasteiger partial charge in [-0.05, 0) is 44.0 Å². The van der Waals surface area contributed by atoms with Crippen LogP contribution in [0.25, 0.3) is 0 Å². The van der Waals surface area contributed by atoms with Crippen LogP contribution >= 0.6 is 0 Å². The quantitative estimate of drug-likeness (QED) is 0.873. The smallest absolute Gasteiger partial charge is 0.241 e. The molecule has 0 heterocycles. The monoisotopic (exact) mass is 296 g/mol. The second-order valence-electron chi connectivity index (χ2n) is 4.98. The predicted molar refractivity (Wildman–Crippen MR) is 76.8 cm³/mol. The van der Waals surface area contributed by atoms with Crippen LogP contribution in [-0.4, -0.2) is 20.6 Å². The van der Waals surface area contributed by atoms with Crippen molar-refractivity contribution in [3.63, 3.8) is 0 Å². The number of rotatable bonds is 6. The van der Waals surface area contributed by atoms with Gasteiger partial charge in [-0.25, -0.2) is 8.42 Å². The lowest BCUT2D eigenvalue weighted by molar-refractivity contribution is 0.340. The van der Waals surface area contributed by atoms with Crippen molar-refractivity contribution in [3.05, 3.63) is 24.3 Å². The topological polar surface area (TPSA) is 79.2 Å². The van der Waals surface area contributed by atoms with Gasteiger partial charge < -0.3 is 4.74 Å². The number of nitriles is 1. The molecule has 0 amide bonds. The molecule has 1 aromatic carbocycles. The van der Waals surface area contributed by atoms with E-state index < -0.39 is 15.6 Å². The summed E-state index contributed by atoms with van der Waals surface area (Å²) in [7, 11) is -3.73. The summed E-state index contributed by atoms with van der Waals surface area (Å²) in [5, 5.41) is 9.18.